The number of hydrogen-bond donors (Lipinski definition) is 0. The molecule has 0 unspecified atom stereocenters. The Labute approximate surface area is 199 Å². The van der Waals surface area contributed by atoms with Crippen LogP contribution in [0.15, 0.2) is 48.5 Å². The molecule has 0 aliphatic carbocycles. The van der Waals surface area contributed by atoms with Gasteiger partial charge < -0.3 is 0 Å². The van der Waals surface area contributed by atoms with Gasteiger partial charge in [0.2, 0.25) is 0 Å². The molecule has 0 aliphatic heterocycles. The molecule has 2 rings (SSSR count). The summed E-state index contributed by atoms with van der Waals surface area (Å²) in [6, 6.07) is 18.5. The Balaban J connectivity index is 2.11. The van der Waals surface area contributed by atoms with Crippen molar-refractivity contribution in [1.29, 1.82) is 0 Å². The fourth-order valence-corrected chi connectivity index (χ4v) is 4.28. The first-order valence-corrected chi connectivity index (χ1v) is 13.3. The highest BCUT2D eigenvalue weighted by molar-refractivity contribution is 5.65. The average Bonchev–Trinajstić information content (AvgIpc) is 2.82. The molecule has 2 nitrogen and oxygen atoms in total. The summed E-state index contributed by atoms with van der Waals surface area (Å²) in [7, 11) is 0. The normalized spacial score (nSPS) is 11.6. The van der Waals surface area contributed by atoms with Crippen LogP contribution in [0.1, 0.15) is 90.2 Å². The number of rotatable bonds is 17. The highest BCUT2D eigenvalue weighted by Crippen LogP contribution is 2.23. The molecule has 32 heavy (non-hydrogen) atoms. The van der Waals surface area contributed by atoms with Gasteiger partial charge in [0.05, 0.1) is 0 Å². The minimum Gasteiger partial charge on any atom is -0.299 e. The standard InChI is InChI=1S/C30H48N2/c1-5-9-19-31(20-10-6-2)25-27-15-13-17-29(23-27)30-18-14-16-28(24-30)26-32(21-11-7-3)22-12-8-4/h13-18,23-24H,5-12,19-22,25-26H2,1-4H3. The van der Waals surface area contributed by atoms with E-state index in [1.807, 2.05) is 0 Å². The Hall–Kier alpha value is -1.64. The molecule has 0 heterocycles. The molecule has 0 saturated carbocycles. The van der Waals surface area contributed by atoms with Crippen molar-refractivity contribution in [1.82, 2.24) is 9.80 Å². The van der Waals surface area contributed by atoms with Gasteiger partial charge in [0.15, 0.2) is 0 Å². The number of benzene rings is 2. The van der Waals surface area contributed by atoms with Crippen LogP contribution in [0.2, 0.25) is 0 Å². The lowest BCUT2D eigenvalue weighted by atomic mass is 10.0. The summed E-state index contributed by atoms with van der Waals surface area (Å²) in [5.74, 6) is 0. The van der Waals surface area contributed by atoms with Crippen molar-refractivity contribution >= 4 is 0 Å². The van der Waals surface area contributed by atoms with Gasteiger partial charge in [0.25, 0.3) is 0 Å². The largest absolute Gasteiger partial charge is 0.299 e. The SMILES string of the molecule is CCCCN(CCCC)Cc1cccc(-c2cccc(CN(CCCC)CCCC)c2)c1. The van der Waals surface area contributed by atoms with Crippen LogP contribution in [-0.2, 0) is 13.1 Å². The van der Waals surface area contributed by atoms with Gasteiger partial charge in [0.1, 0.15) is 0 Å². The second-order valence-electron chi connectivity index (χ2n) is 9.37. The predicted octanol–water partition coefficient (Wildman–Crippen LogP) is 8.16. The van der Waals surface area contributed by atoms with Gasteiger partial charge in [0, 0.05) is 13.1 Å². The summed E-state index contributed by atoms with van der Waals surface area (Å²) in [5, 5.41) is 0. The van der Waals surface area contributed by atoms with E-state index in [9.17, 15) is 0 Å². The van der Waals surface area contributed by atoms with Crippen LogP contribution in [-0.4, -0.2) is 36.0 Å². The Morgan fingerprint density at radius 2 is 0.844 bits per heavy atom. The topological polar surface area (TPSA) is 6.48 Å². The third-order valence-corrected chi connectivity index (χ3v) is 6.31. The molecule has 2 heteroatoms. The van der Waals surface area contributed by atoms with Gasteiger partial charge in [-0.15, -0.1) is 0 Å². The molecule has 0 spiro atoms. The van der Waals surface area contributed by atoms with E-state index in [1.54, 1.807) is 0 Å². The molecule has 0 saturated heterocycles. The van der Waals surface area contributed by atoms with Gasteiger partial charge >= 0.3 is 0 Å². The average molecular weight is 437 g/mol. The van der Waals surface area contributed by atoms with Gasteiger partial charge in [-0.25, -0.2) is 0 Å². The number of hydrogen-bond acceptors (Lipinski definition) is 2. The van der Waals surface area contributed by atoms with Crippen LogP contribution in [0.3, 0.4) is 0 Å². The van der Waals surface area contributed by atoms with E-state index < -0.39 is 0 Å². The second-order valence-corrected chi connectivity index (χ2v) is 9.37. The summed E-state index contributed by atoms with van der Waals surface area (Å²) in [4.78, 5) is 5.28. The molecule has 2 aromatic rings. The van der Waals surface area contributed by atoms with Gasteiger partial charge in [-0.3, -0.25) is 9.80 Å². The molecule has 0 radical (unpaired) electrons. The van der Waals surface area contributed by atoms with Crippen LogP contribution in [0.4, 0.5) is 0 Å². The number of nitrogens with zero attached hydrogens (tertiary/aromatic N) is 2. The Morgan fingerprint density at radius 3 is 1.16 bits per heavy atom. The first-order valence-electron chi connectivity index (χ1n) is 13.3. The van der Waals surface area contributed by atoms with E-state index >= 15 is 0 Å². The molecular weight excluding hydrogens is 388 g/mol. The molecule has 0 bridgehead atoms. The smallest absolute Gasteiger partial charge is 0.0233 e. The van der Waals surface area contributed by atoms with E-state index in [1.165, 1.54) is 99.8 Å². The molecule has 0 fully saturated rings. The number of unbranched alkanes of at least 4 members (excludes halogenated alkanes) is 4. The monoisotopic (exact) mass is 436 g/mol. The van der Waals surface area contributed by atoms with Crippen LogP contribution in [0.5, 0.6) is 0 Å². The summed E-state index contributed by atoms with van der Waals surface area (Å²) < 4.78 is 0. The summed E-state index contributed by atoms with van der Waals surface area (Å²) >= 11 is 0. The Morgan fingerprint density at radius 1 is 0.500 bits per heavy atom. The van der Waals surface area contributed by atoms with E-state index in [0.717, 1.165) is 13.1 Å². The molecule has 0 aromatic heterocycles. The van der Waals surface area contributed by atoms with Gasteiger partial charge in [-0.1, -0.05) is 89.8 Å². The lowest BCUT2D eigenvalue weighted by Crippen LogP contribution is -2.25. The zero-order valence-electron chi connectivity index (χ0n) is 21.4. The lowest BCUT2D eigenvalue weighted by Gasteiger charge is -2.23. The molecule has 178 valence electrons. The van der Waals surface area contributed by atoms with Crippen LogP contribution in [0.25, 0.3) is 11.1 Å². The van der Waals surface area contributed by atoms with E-state index in [-0.39, 0.29) is 0 Å². The molecular formula is C30H48N2. The van der Waals surface area contributed by atoms with Gasteiger partial charge in [-0.05, 0) is 86.2 Å². The molecule has 0 N–H and O–H groups in total. The Kier molecular flexibility index (Phi) is 13.3. The van der Waals surface area contributed by atoms with E-state index in [2.05, 4.69) is 86.0 Å². The van der Waals surface area contributed by atoms with Crippen LogP contribution >= 0.6 is 0 Å². The molecule has 0 amide bonds. The fourth-order valence-electron chi connectivity index (χ4n) is 4.28. The van der Waals surface area contributed by atoms with E-state index in [4.69, 9.17) is 0 Å². The minimum absolute atomic E-state index is 1.06. The zero-order chi connectivity index (χ0) is 23.0. The summed E-state index contributed by atoms with van der Waals surface area (Å²) in [5.41, 5.74) is 5.58. The van der Waals surface area contributed by atoms with Crippen molar-refractivity contribution in [3.8, 4) is 11.1 Å². The third kappa shape index (κ3) is 9.88. The van der Waals surface area contributed by atoms with Crippen molar-refractivity contribution in [3.63, 3.8) is 0 Å². The summed E-state index contributed by atoms with van der Waals surface area (Å²) in [6.45, 7) is 16.1. The first-order chi connectivity index (χ1) is 15.7. The highest BCUT2D eigenvalue weighted by Gasteiger charge is 2.09. The first kappa shape index (κ1) is 26.6. The predicted molar refractivity (Wildman–Crippen MR) is 142 cm³/mol. The van der Waals surface area contributed by atoms with Gasteiger partial charge in [-0.2, -0.15) is 0 Å². The maximum Gasteiger partial charge on any atom is 0.0233 e. The third-order valence-electron chi connectivity index (χ3n) is 6.31. The van der Waals surface area contributed by atoms with Crippen LogP contribution < -0.4 is 0 Å². The molecule has 2 aromatic carbocycles. The van der Waals surface area contributed by atoms with Crippen molar-refractivity contribution < 1.29 is 0 Å². The molecule has 0 atom stereocenters. The zero-order valence-corrected chi connectivity index (χ0v) is 21.4. The summed E-state index contributed by atoms with van der Waals surface area (Å²) in [6.07, 6.45) is 10.2. The van der Waals surface area contributed by atoms with Crippen molar-refractivity contribution in [3.05, 3.63) is 59.7 Å². The maximum atomic E-state index is 2.64. The quantitative estimate of drug-likeness (QED) is 0.247. The molecule has 0 aliphatic rings. The van der Waals surface area contributed by atoms with Crippen molar-refractivity contribution in [2.45, 2.75) is 92.2 Å². The van der Waals surface area contributed by atoms with Crippen molar-refractivity contribution in [2.75, 3.05) is 26.2 Å². The highest BCUT2D eigenvalue weighted by atomic mass is 15.1. The fraction of sp³-hybridized carbons (Fsp3) is 0.600. The Bertz CT molecular complexity index is 660. The maximum absolute atomic E-state index is 2.64. The lowest BCUT2D eigenvalue weighted by molar-refractivity contribution is 0.257. The second kappa shape index (κ2) is 16.0. The van der Waals surface area contributed by atoms with Crippen LogP contribution in [0, 0.1) is 0 Å². The van der Waals surface area contributed by atoms with Crippen molar-refractivity contribution in [2.24, 2.45) is 0 Å². The minimum atomic E-state index is 1.06. The van der Waals surface area contributed by atoms with E-state index in [0.29, 0.717) is 0 Å².